The number of hydrogen-bond donors (Lipinski definition) is 0. The van der Waals surface area contributed by atoms with Crippen molar-refractivity contribution in [2.24, 2.45) is 0 Å². The number of nitrogens with zero attached hydrogens (tertiary/aromatic N) is 3. The Kier molecular flexibility index (Phi) is 3.68. The van der Waals surface area contributed by atoms with Crippen LogP contribution >= 0.6 is 0 Å². The summed E-state index contributed by atoms with van der Waals surface area (Å²) in [5, 5.41) is 4.02. The molecule has 1 atom stereocenters. The molecular weight excluding hydrogens is 270 g/mol. The molecule has 0 saturated heterocycles. The summed E-state index contributed by atoms with van der Waals surface area (Å²) in [7, 11) is 1.66. The minimum atomic E-state index is 0.114. The minimum Gasteiger partial charge on any atom is -0.497 e. The second kappa shape index (κ2) is 5.63. The Hall–Kier alpha value is -2.24. The van der Waals surface area contributed by atoms with Gasteiger partial charge in [0, 0.05) is 12.5 Å². The minimum absolute atomic E-state index is 0.114. The van der Waals surface area contributed by atoms with Crippen molar-refractivity contribution in [2.45, 2.75) is 32.9 Å². The summed E-state index contributed by atoms with van der Waals surface area (Å²) in [5.74, 6) is 3.01. The smallest absolute Gasteiger partial charge is 0.226 e. The van der Waals surface area contributed by atoms with Crippen LogP contribution in [0.2, 0.25) is 0 Å². The van der Waals surface area contributed by atoms with Crippen LogP contribution in [-0.2, 0) is 13.0 Å². The maximum Gasteiger partial charge on any atom is 0.226 e. The Labute approximate surface area is 123 Å². The van der Waals surface area contributed by atoms with Crippen molar-refractivity contribution in [1.29, 1.82) is 0 Å². The van der Waals surface area contributed by atoms with E-state index in [1.54, 1.807) is 7.11 Å². The zero-order chi connectivity index (χ0) is 14.8. The fraction of sp³-hybridized carbons (Fsp3) is 0.467. The van der Waals surface area contributed by atoms with Crippen LogP contribution in [0.5, 0.6) is 11.5 Å². The SMILES string of the molecule is CCc1nc(CN2CC(C)Oc3ccc(OC)cc32)no1. The Balaban J connectivity index is 1.88. The van der Waals surface area contributed by atoms with Crippen LogP contribution in [-0.4, -0.2) is 29.9 Å². The Morgan fingerprint density at radius 3 is 3.00 bits per heavy atom. The zero-order valence-electron chi connectivity index (χ0n) is 12.5. The van der Waals surface area contributed by atoms with E-state index in [0.717, 1.165) is 30.2 Å². The van der Waals surface area contributed by atoms with E-state index in [0.29, 0.717) is 18.3 Å². The number of methoxy groups -OCH3 is 1. The first-order valence-electron chi connectivity index (χ1n) is 7.10. The van der Waals surface area contributed by atoms with Crippen LogP contribution in [0.15, 0.2) is 22.7 Å². The van der Waals surface area contributed by atoms with E-state index < -0.39 is 0 Å². The van der Waals surface area contributed by atoms with Gasteiger partial charge in [0.05, 0.1) is 25.9 Å². The lowest BCUT2D eigenvalue weighted by Crippen LogP contribution is -2.38. The third-order valence-electron chi connectivity index (χ3n) is 3.46. The maximum absolute atomic E-state index is 5.86. The van der Waals surface area contributed by atoms with Gasteiger partial charge in [0.2, 0.25) is 5.89 Å². The highest BCUT2D eigenvalue weighted by Crippen LogP contribution is 2.37. The molecule has 3 rings (SSSR count). The third kappa shape index (κ3) is 2.79. The summed E-state index contributed by atoms with van der Waals surface area (Å²) < 4.78 is 16.3. The molecule has 0 N–H and O–H groups in total. The van der Waals surface area contributed by atoms with E-state index in [2.05, 4.69) is 15.0 Å². The molecule has 1 aliphatic rings. The Morgan fingerprint density at radius 2 is 2.29 bits per heavy atom. The summed E-state index contributed by atoms with van der Waals surface area (Å²) in [6.07, 6.45) is 0.861. The molecule has 112 valence electrons. The van der Waals surface area contributed by atoms with Gasteiger partial charge in [-0.1, -0.05) is 12.1 Å². The van der Waals surface area contributed by atoms with Crippen molar-refractivity contribution in [1.82, 2.24) is 10.1 Å². The number of benzene rings is 1. The molecule has 0 saturated carbocycles. The van der Waals surface area contributed by atoms with E-state index >= 15 is 0 Å². The first-order chi connectivity index (χ1) is 10.2. The fourth-order valence-corrected chi connectivity index (χ4v) is 2.45. The second-order valence-corrected chi connectivity index (χ2v) is 5.10. The fourth-order valence-electron chi connectivity index (χ4n) is 2.45. The number of fused-ring (bicyclic) bond motifs is 1. The van der Waals surface area contributed by atoms with Crippen LogP contribution in [0.25, 0.3) is 0 Å². The molecule has 6 nitrogen and oxygen atoms in total. The third-order valence-corrected chi connectivity index (χ3v) is 3.46. The van der Waals surface area contributed by atoms with Gasteiger partial charge in [0.15, 0.2) is 5.82 Å². The molecule has 2 heterocycles. The molecule has 1 unspecified atom stereocenters. The van der Waals surface area contributed by atoms with E-state index in [1.807, 2.05) is 32.0 Å². The normalized spacial score (nSPS) is 17.3. The van der Waals surface area contributed by atoms with Gasteiger partial charge in [-0.2, -0.15) is 4.98 Å². The van der Waals surface area contributed by atoms with E-state index in [-0.39, 0.29) is 6.10 Å². The summed E-state index contributed by atoms with van der Waals surface area (Å²) in [5.41, 5.74) is 0.996. The van der Waals surface area contributed by atoms with Gasteiger partial charge in [0.1, 0.15) is 17.6 Å². The van der Waals surface area contributed by atoms with Crippen molar-refractivity contribution in [3.05, 3.63) is 29.9 Å². The number of aryl methyl sites for hydroxylation is 1. The molecule has 0 amide bonds. The molecule has 0 bridgehead atoms. The lowest BCUT2D eigenvalue weighted by molar-refractivity contribution is 0.211. The maximum atomic E-state index is 5.86. The first-order valence-corrected chi connectivity index (χ1v) is 7.10. The number of ether oxygens (including phenoxy) is 2. The topological polar surface area (TPSA) is 60.6 Å². The molecule has 2 aromatic rings. The lowest BCUT2D eigenvalue weighted by atomic mass is 10.2. The van der Waals surface area contributed by atoms with Gasteiger partial charge in [-0.25, -0.2) is 0 Å². The van der Waals surface area contributed by atoms with Gasteiger partial charge in [-0.15, -0.1) is 0 Å². The molecular formula is C15H19N3O3. The summed E-state index contributed by atoms with van der Waals surface area (Å²) in [6.45, 7) is 5.41. The summed E-state index contributed by atoms with van der Waals surface area (Å²) >= 11 is 0. The van der Waals surface area contributed by atoms with Crippen LogP contribution in [0, 0.1) is 0 Å². The van der Waals surface area contributed by atoms with Crippen LogP contribution in [0.4, 0.5) is 5.69 Å². The van der Waals surface area contributed by atoms with Crippen molar-refractivity contribution < 1.29 is 14.0 Å². The Bertz CT molecular complexity index is 626. The molecule has 0 spiro atoms. The monoisotopic (exact) mass is 289 g/mol. The molecule has 6 heteroatoms. The molecule has 0 fully saturated rings. The highest BCUT2D eigenvalue weighted by Gasteiger charge is 2.24. The van der Waals surface area contributed by atoms with Gasteiger partial charge in [0.25, 0.3) is 0 Å². The summed E-state index contributed by atoms with van der Waals surface area (Å²) in [4.78, 5) is 6.56. The molecule has 0 radical (unpaired) electrons. The molecule has 0 aliphatic carbocycles. The predicted octanol–water partition coefficient (Wildman–Crippen LogP) is 2.43. The summed E-state index contributed by atoms with van der Waals surface area (Å²) in [6, 6.07) is 5.81. The standard InChI is InChI=1S/C15H19N3O3/c1-4-15-16-14(17-21-15)9-18-8-10(2)20-13-6-5-11(19-3)7-12(13)18/h5-7,10H,4,8-9H2,1-3H3. The van der Waals surface area contributed by atoms with Crippen molar-refractivity contribution in [2.75, 3.05) is 18.6 Å². The predicted molar refractivity (Wildman–Crippen MR) is 77.8 cm³/mol. The lowest BCUT2D eigenvalue weighted by Gasteiger charge is -2.34. The van der Waals surface area contributed by atoms with Crippen molar-refractivity contribution in [3.8, 4) is 11.5 Å². The average Bonchev–Trinajstić information content (AvgIpc) is 2.94. The van der Waals surface area contributed by atoms with E-state index in [4.69, 9.17) is 14.0 Å². The van der Waals surface area contributed by atoms with Crippen molar-refractivity contribution in [3.63, 3.8) is 0 Å². The van der Waals surface area contributed by atoms with Gasteiger partial charge in [-0.05, 0) is 19.1 Å². The van der Waals surface area contributed by atoms with Gasteiger partial charge in [-0.3, -0.25) is 0 Å². The van der Waals surface area contributed by atoms with E-state index in [9.17, 15) is 0 Å². The first kappa shape index (κ1) is 13.7. The zero-order valence-corrected chi connectivity index (χ0v) is 12.5. The van der Waals surface area contributed by atoms with Crippen LogP contribution < -0.4 is 14.4 Å². The van der Waals surface area contributed by atoms with Crippen LogP contribution in [0.1, 0.15) is 25.6 Å². The molecule has 1 aromatic heterocycles. The van der Waals surface area contributed by atoms with Gasteiger partial charge < -0.3 is 18.9 Å². The largest absolute Gasteiger partial charge is 0.497 e. The average molecular weight is 289 g/mol. The van der Waals surface area contributed by atoms with Crippen LogP contribution in [0.3, 0.4) is 0 Å². The molecule has 1 aliphatic heterocycles. The van der Waals surface area contributed by atoms with Gasteiger partial charge >= 0.3 is 0 Å². The van der Waals surface area contributed by atoms with Crippen molar-refractivity contribution >= 4 is 5.69 Å². The molecule has 1 aromatic carbocycles. The molecule has 21 heavy (non-hydrogen) atoms. The number of hydrogen-bond acceptors (Lipinski definition) is 6. The van der Waals surface area contributed by atoms with E-state index in [1.165, 1.54) is 0 Å². The number of aromatic nitrogens is 2. The number of anilines is 1. The highest BCUT2D eigenvalue weighted by molar-refractivity contribution is 5.63. The Morgan fingerprint density at radius 1 is 1.43 bits per heavy atom. The number of rotatable bonds is 4. The highest BCUT2D eigenvalue weighted by atomic mass is 16.5. The second-order valence-electron chi connectivity index (χ2n) is 5.10. The quantitative estimate of drug-likeness (QED) is 0.861.